The summed E-state index contributed by atoms with van der Waals surface area (Å²) < 4.78 is 44.7. The SMILES string of the molecule is OCc1ccc(OCc2ccc(F)cc2F)c(F)c1. The van der Waals surface area contributed by atoms with Gasteiger partial charge in [-0.3, -0.25) is 0 Å². The molecule has 0 aliphatic heterocycles. The molecular formula is C14H11F3O2. The van der Waals surface area contributed by atoms with E-state index in [0.717, 1.165) is 18.2 Å². The summed E-state index contributed by atoms with van der Waals surface area (Å²) in [4.78, 5) is 0. The normalized spacial score (nSPS) is 10.5. The Balaban J connectivity index is 2.10. The van der Waals surface area contributed by atoms with Crippen molar-refractivity contribution in [3.05, 3.63) is 65.0 Å². The molecule has 0 atom stereocenters. The van der Waals surface area contributed by atoms with Crippen LogP contribution in [-0.2, 0) is 13.2 Å². The summed E-state index contributed by atoms with van der Waals surface area (Å²) >= 11 is 0. The molecule has 1 N–H and O–H groups in total. The van der Waals surface area contributed by atoms with Gasteiger partial charge in [0, 0.05) is 11.6 Å². The molecule has 19 heavy (non-hydrogen) atoms. The standard InChI is InChI=1S/C14H11F3O2/c15-11-3-2-10(12(16)6-11)8-19-14-4-1-9(7-18)5-13(14)17/h1-6,18H,7-8H2. The predicted octanol–water partition coefficient (Wildman–Crippen LogP) is 3.18. The molecule has 0 bridgehead atoms. The minimum absolute atomic E-state index is 0.0547. The number of rotatable bonds is 4. The number of ether oxygens (including phenoxy) is 1. The fraction of sp³-hybridized carbons (Fsp3) is 0.143. The summed E-state index contributed by atoms with van der Waals surface area (Å²) in [5.41, 5.74) is 0.546. The molecule has 0 radical (unpaired) electrons. The van der Waals surface area contributed by atoms with E-state index in [1.165, 1.54) is 18.2 Å². The molecule has 5 heteroatoms. The zero-order valence-electron chi connectivity index (χ0n) is 9.87. The molecule has 0 heterocycles. The Bertz CT molecular complexity index is 585. The number of halogens is 3. The van der Waals surface area contributed by atoms with Gasteiger partial charge in [0.1, 0.15) is 18.2 Å². The van der Waals surface area contributed by atoms with Crippen molar-refractivity contribution in [2.45, 2.75) is 13.2 Å². The molecule has 0 saturated heterocycles. The molecule has 2 nitrogen and oxygen atoms in total. The molecule has 2 rings (SSSR count). The van der Waals surface area contributed by atoms with Crippen LogP contribution in [0.3, 0.4) is 0 Å². The van der Waals surface area contributed by atoms with E-state index in [4.69, 9.17) is 9.84 Å². The number of hydrogen-bond donors (Lipinski definition) is 1. The van der Waals surface area contributed by atoms with Gasteiger partial charge in [-0.1, -0.05) is 6.07 Å². The topological polar surface area (TPSA) is 29.5 Å². The van der Waals surface area contributed by atoms with Crippen LogP contribution in [0.5, 0.6) is 5.75 Å². The third-order valence-corrected chi connectivity index (χ3v) is 2.58. The predicted molar refractivity (Wildman–Crippen MR) is 63.0 cm³/mol. The first kappa shape index (κ1) is 13.4. The van der Waals surface area contributed by atoms with Crippen LogP contribution in [0.1, 0.15) is 11.1 Å². The van der Waals surface area contributed by atoms with Gasteiger partial charge in [0.05, 0.1) is 6.61 Å². The lowest BCUT2D eigenvalue weighted by molar-refractivity contribution is 0.275. The summed E-state index contributed by atoms with van der Waals surface area (Å²) in [5, 5.41) is 8.83. The van der Waals surface area contributed by atoms with Crippen LogP contribution in [-0.4, -0.2) is 5.11 Å². The molecule has 100 valence electrons. The summed E-state index contributed by atoms with van der Waals surface area (Å²) in [6.45, 7) is -0.481. The summed E-state index contributed by atoms with van der Waals surface area (Å²) in [6.07, 6.45) is 0. The maximum absolute atomic E-state index is 13.5. The third kappa shape index (κ3) is 3.26. The highest BCUT2D eigenvalue weighted by molar-refractivity contribution is 5.29. The average molecular weight is 268 g/mol. The second-order valence-electron chi connectivity index (χ2n) is 3.95. The van der Waals surface area contributed by atoms with Crippen molar-refractivity contribution in [2.75, 3.05) is 0 Å². The Kier molecular flexibility index (Phi) is 4.06. The highest BCUT2D eigenvalue weighted by atomic mass is 19.1. The van der Waals surface area contributed by atoms with Crippen LogP contribution in [0, 0.1) is 17.5 Å². The number of hydrogen-bond acceptors (Lipinski definition) is 2. The van der Waals surface area contributed by atoms with Crippen molar-refractivity contribution >= 4 is 0 Å². The lowest BCUT2D eigenvalue weighted by atomic mass is 10.2. The first-order valence-corrected chi connectivity index (χ1v) is 5.56. The highest BCUT2D eigenvalue weighted by Crippen LogP contribution is 2.20. The average Bonchev–Trinajstić information content (AvgIpc) is 2.39. The summed E-state index contributed by atoms with van der Waals surface area (Å²) in [7, 11) is 0. The van der Waals surface area contributed by atoms with E-state index in [-0.39, 0.29) is 24.5 Å². The van der Waals surface area contributed by atoms with Crippen molar-refractivity contribution in [1.82, 2.24) is 0 Å². The van der Waals surface area contributed by atoms with Crippen molar-refractivity contribution in [3.8, 4) is 5.75 Å². The molecule has 0 unspecified atom stereocenters. The van der Waals surface area contributed by atoms with E-state index in [1.54, 1.807) is 0 Å². The Labute approximate surface area is 108 Å². The zero-order valence-corrected chi connectivity index (χ0v) is 9.87. The fourth-order valence-corrected chi connectivity index (χ4v) is 1.55. The lowest BCUT2D eigenvalue weighted by Crippen LogP contribution is -2.01. The van der Waals surface area contributed by atoms with Gasteiger partial charge in [0.2, 0.25) is 0 Å². The largest absolute Gasteiger partial charge is 0.486 e. The molecule has 2 aromatic carbocycles. The monoisotopic (exact) mass is 268 g/mol. The second-order valence-corrected chi connectivity index (χ2v) is 3.95. The smallest absolute Gasteiger partial charge is 0.165 e. The van der Waals surface area contributed by atoms with E-state index in [0.29, 0.717) is 5.56 Å². The molecule has 0 fully saturated rings. The van der Waals surface area contributed by atoms with Crippen LogP contribution in [0.2, 0.25) is 0 Å². The summed E-state index contributed by atoms with van der Waals surface area (Å²) in [6, 6.07) is 7.07. The van der Waals surface area contributed by atoms with Crippen LogP contribution in [0.15, 0.2) is 36.4 Å². The van der Waals surface area contributed by atoms with Crippen LogP contribution < -0.4 is 4.74 Å². The van der Waals surface area contributed by atoms with E-state index < -0.39 is 17.5 Å². The van der Waals surface area contributed by atoms with Gasteiger partial charge in [-0.05, 0) is 29.8 Å². The Morgan fingerprint density at radius 1 is 0.947 bits per heavy atom. The molecule has 0 aliphatic rings. The summed E-state index contributed by atoms with van der Waals surface area (Å²) in [5.74, 6) is -2.12. The first-order valence-electron chi connectivity index (χ1n) is 5.56. The molecule has 0 aliphatic carbocycles. The van der Waals surface area contributed by atoms with Gasteiger partial charge in [-0.25, -0.2) is 13.2 Å². The zero-order chi connectivity index (χ0) is 13.8. The van der Waals surface area contributed by atoms with Crippen molar-refractivity contribution in [2.24, 2.45) is 0 Å². The molecular weight excluding hydrogens is 257 g/mol. The highest BCUT2D eigenvalue weighted by Gasteiger charge is 2.08. The molecule has 0 saturated carbocycles. The van der Waals surface area contributed by atoms with Crippen molar-refractivity contribution in [1.29, 1.82) is 0 Å². The second kappa shape index (κ2) is 5.75. The van der Waals surface area contributed by atoms with Crippen molar-refractivity contribution in [3.63, 3.8) is 0 Å². The van der Waals surface area contributed by atoms with E-state index in [1.807, 2.05) is 0 Å². The Morgan fingerprint density at radius 3 is 2.37 bits per heavy atom. The molecule has 2 aromatic rings. The third-order valence-electron chi connectivity index (χ3n) is 2.58. The van der Waals surface area contributed by atoms with Crippen molar-refractivity contribution < 1.29 is 23.0 Å². The van der Waals surface area contributed by atoms with Gasteiger partial charge in [0.15, 0.2) is 11.6 Å². The quantitative estimate of drug-likeness (QED) is 0.922. The van der Waals surface area contributed by atoms with Crippen LogP contribution in [0.25, 0.3) is 0 Å². The minimum atomic E-state index is -0.743. The van der Waals surface area contributed by atoms with Gasteiger partial charge in [0.25, 0.3) is 0 Å². The lowest BCUT2D eigenvalue weighted by Gasteiger charge is -2.09. The van der Waals surface area contributed by atoms with E-state index in [2.05, 4.69) is 0 Å². The van der Waals surface area contributed by atoms with Crippen LogP contribution in [0.4, 0.5) is 13.2 Å². The molecule has 0 aromatic heterocycles. The van der Waals surface area contributed by atoms with Gasteiger partial charge < -0.3 is 9.84 Å². The van der Waals surface area contributed by atoms with Gasteiger partial charge in [-0.2, -0.15) is 0 Å². The fourth-order valence-electron chi connectivity index (χ4n) is 1.55. The Morgan fingerprint density at radius 2 is 1.74 bits per heavy atom. The Hall–Kier alpha value is -2.01. The molecule has 0 amide bonds. The van der Waals surface area contributed by atoms with E-state index >= 15 is 0 Å². The van der Waals surface area contributed by atoms with Crippen LogP contribution >= 0.6 is 0 Å². The minimum Gasteiger partial charge on any atom is -0.486 e. The first-order chi connectivity index (χ1) is 9.10. The maximum Gasteiger partial charge on any atom is 0.165 e. The maximum atomic E-state index is 13.5. The number of benzene rings is 2. The number of aliphatic hydroxyl groups is 1. The van der Waals surface area contributed by atoms with Gasteiger partial charge >= 0.3 is 0 Å². The van der Waals surface area contributed by atoms with Gasteiger partial charge in [-0.15, -0.1) is 0 Å². The number of aliphatic hydroxyl groups excluding tert-OH is 1. The van der Waals surface area contributed by atoms with E-state index in [9.17, 15) is 13.2 Å². The molecule has 0 spiro atoms.